The van der Waals surface area contributed by atoms with E-state index in [0.717, 1.165) is 21.2 Å². The van der Waals surface area contributed by atoms with Gasteiger partial charge in [0.2, 0.25) is 0 Å². The van der Waals surface area contributed by atoms with Crippen molar-refractivity contribution in [3.63, 3.8) is 0 Å². The van der Waals surface area contributed by atoms with Gasteiger partial charge in [0.1, 0.15) is 6.34 Å². The lowest BCUT2D eigenvalue weighted by molar-refractivity contribution is 0.947. The van der Waals surface area contributed by atoms with E-state index in [9.17, 15) is 0 Å². The Bertz CT molecular complexity index is 329. The van der Waals surface area contributed by atoms with E-state index in [1.807, 2.05) is 25.1 Å². The maximum atomic E-state index is 7.05. The van der Waals surface area contributed by atoms with Crippen LogP contribution in [0.2, 0.25) is 0 Å². The topological polar surface area (TPSA) is 63.3 Å². The smallest absolute Gasteiger partial charge is 0.110 e. The molecule has 1 rings (SSSR count). The molecule has 0 aliphatic heterocycles. The Morgan fingerprint density at radius 3 is 2.77 bits per heavy atom. The van der Waals surface area contributed by atoms with Crippen molar-refractivity contribution in [2.24, 2.45) is 5.22 Å². The highest BCUT2D eigenvalue weighted by atomic mass is 127. The Morgan fingerprint density at radius 2 is 2.23 bits per heavy atom. The van der Waals surface area contributed by atoms with Gasteiger partial charge in [0.05, 0.1) is 5.69 Å². The van der Waals surface area contributed by atoms with Crippen molar-refractivity contribution in [1.29, 1.82) is 10.9 Å². The molecule has 0 amide bonds. The second-order valence-corrected chi connectivity index (χ2v) is 3.62. The molecule has 0 unspecified atom stereocenters. The Kier molecular flexibility index (Phi) is 3.35. The monoisotopic (exact) mass is 288 g/mol. The first-order valence-corrected chi connectivity index (χ1v) is 4.71. The van der Waals surface area contributed by atoms with Crippen LogP contribution >= 0.6 is 22.6 Å². The van der Waals surface area contributed by atoms with Gasteiger partial charge in [-0.3, -0.25) is 5.41 Å². The van der Waals surface area contributed by atoms with Crippen molar-refractivity contribution < 1.29 is 0 Å². The van der Waals surface area contributed by atoms with Gasteiger partial charge in [-0.05, 0) is 47.2 Å². The predicted octanol–water partition coefficient (Wildman–Crippen LogP) is 2.96. The predicted molar refractivity (Wildman–Crippen MR) is 60.3 cm³/mol. The van der Waals surface area contributed by atoms with Gasteiger partial charge in [-0.25, -0.2) is 5.01 Å². The van der Waals surface area contributed by atoms with Crippen molar-refractivity contribution >= 4 is 34.6 Å². The largest absolute Gasteiger partial charge is 0.289 e. The number of halogens is 1. The number of nitrogens with one attached hydrogen (secondary N) is 2. The summed E-state index contributed by atoms with van der Waals surface area (Å²) in [6.07, 6.45) is 1.02. The van der Waals surface area contributed by atoms with Crippen LogP contribution in [-0.2, 0) is 0 Å². The minimum atomic E-state index is 0.775. The fourth-order valence-electron chi connectivity index (χ4n) is 0.997. The van der Waals surface area contributed by atoms with E-state index in [1.54, 1.807) is 0 Å². The normalized spacial score (nSPS) is 9.38. The molecular formula is C8H9IN4. The van der Waals surface area contributed by atoms with Crippen LogP contribution in [0.3, 0.4) is 0 Å². The molecule has 0 saturated heterocycles. The molecule has 0 aliphatic rings. The summed E-state index contributed by atoms with van der Waals surface area (Å²) in [6.45, 7) is 1.94. The van der Waals surface area contributed by atoms with Crippen molar-refractivity contribution in [1.82, 2.24) is 0 Å². The zero-order chi connectivity index (χ0) is 9.84. The number of rotatable bonds is 3. The van der Waals surface area contributed by atoms with E-state index < -0.39 is 0 Å². The molecule has 0 atom stereocenters. The van der Waals surface area contributed by atoms with Gasteiger partial charge in [0.25, 0.3) is 0 Å². The lowest BCUT2D eigenvalue weighted by Crippen LogP contribution is -2.12. The van der Waals surface area contributed by atoms with Crippen LogP contribution in [0.25, 0.3) is 0 Å². The van der Waals surface area contributed by atoms with Crippen LogP contribution in [0.5, 0.6) is 0 Å². The summed E-state index contributed by atoms with van der Waals surface area (Å²) in [5.74, 6) is 0. The van der Waals surface area contributed by atoms with Gasteiger partial charge in [-0.2, -0.15) is 5.53 Å². The van der Waals surface area contributed by atoms with Gasteiger partial charge < -0.3 is 0 Å². The zero-order valence-electron chi connectivity index (χ0n) is 7.08. The Hall–Kier alpha value is -0.980. The van der Waals surface area contributed by atoms with Crippen molar-refractivity contribution in [2.75, 3.05) is 5.01 Å². The molecule has 2 N–H and O–H groups in total. The lowest BCUT2D eigenvalue weighted by Gasteiger charge is -2.13. The number of hydrogen-bond acceptors (Lipinski definition) is 3. The van der Waals surface area contributed by atoms with Crippen LogP contribution in [0.1, 0.15) is 5.56 Å². The Balaban J connectivity index is 3.20. The summed E-state index contributed by atoms with van der Waals surface area (Å²) in [4.78, 5) is 0. The van der Waals surface area contributed by atoms with Gasteiger partial charge >= 0.3 is 0 Å². The van der Waals surface area contributed by atoms with Crippen LogP contribution in [-0.4, -0.2) is 6.34 Å². The summed E-state index contributed by atoms with van der Waals surface area (Å²) in [7, 11) is 0. The van der Waals surface area contributed by atoms with Gasteiger partial charge in [-0.15, -0.1) is 0 Å². The molecule has 1 aromatic rings. The second-order valence-electron chi connectivity index (χ2n) is 2.46. The van der Waals surface area contributed by atoms with E-state index >= 15 is 0 Å². The van der Waals surface area contributed by atoms with E-state index in [4.69, 9.17) is 10.9 Å². The van der Waals surface area contributed by atoms with E-state index in [1.165, 1.54) is 5.01 Å². The van der Waals surface area contributed by atoms with Crippen LogP contribution in [0.15, 0.2) is 23.4 Å². The third-order valence-electron chi connectivity index (χ3n) is 1.72. The Labute approximate surface area is 90.1 Å². The molecule has 0 heterocycles. The molecule has 4 nitrogen and oxygen atoms in total. The molecular weight excluding hydrogens is 279 g/mol. The summed E-state index contributed by atoms with van der Waals surface area (Å²) < 4.78 is 1.10. The molecule has 1 aromatic carbocycles. The van der Waals surface area contributed by atoms with Crippen molar-refractivity contribution in [3.8, 4) is 0 Å². The maximum absolute atomic E-state index is 7.05. The van der Waals surface area contributed by atoms with Gasteiger partial charge in [0.15, 0.2) is 0 Å². The fraction of sp³-hybridized carbons (Fsp3) is 0.125. The van der Waals surface area contributed by atoms with Crippen LogP contribution < -0.4 is 5.01 Å². The highest BCUT2D eigenvalue weighted by Gasteiger charge is 2.06. The van der Waals surface area contributed by atoms with Crippen molar-refractivity contribution in [3.05, 3.63) is 27.3 Å². The number of hydrogen-bond donors (Lipinski definition) is 2. The second kappa shape index (κ2) is 4.31. The Morgan fingerprint density at radius 1 is 1.54 bits per heavy atom. The molecule has 0 saturated carbocycles. The third-order valence-corrected chi connectivity index (χ3v) is 2.88. The minimum Gasteiger partial charge on any atom is -0.289 e. The quantitative estimate of drug-likeness (QED) is 0.290. The van der Waals surface area contributed by atoms with Crippen LogP contribution in [0, 0.1) is 21.4 Å². The lowest BCUT2D eigenvalue weighted by atomic mass is 10.2. The van der Waals surface area contributed by atoms with Gasteiger partial charge in [-0.1, -0.05) is 11.3 Å². The van der Waals surface area contributed by atoms with E-state index in [-0.39, 0.29) is 0 Å². The first-order chi connectivity index (χ1) is 6.20. The van der Waals surface area contributed by atoms with Crippen LogP contribution in [0.4, 0.5) is 5.69 Å². The molecule has 0 radical (unpaired) electrons. The third kappa shape index (κ3) is 2.03. The molecule has 13 heavy (non-hydrogen) atoms. The highest BCUT2D eigenvalue weighted by Crippen LogP contribution is 2.23. The fourth-order valence-corrected chi connectivity index (χ4v) is 1.48. The average molecular weight is 288 g/mol. The molecule has 0 fully saturated rings. The highest BCUT2D eigenvalue weighted by molar-refractivity contribution is 14.1. The van der Waals surface area contributed by atoms with E-state index in [2.05, 4.69) is 27.8 Å². The number of benzene rings is 1. The summed E-state index contributed by atoms with van der Waals surface area (Å²) in [5.41, 5.74) is 8.67. The zero-order valence-corrected chi connectivity index (χ0v) is 9.24. The molecule has 0 aromatic heterocycles. The molecule has 0 bridgehead atoms. The minimum absolute atomic E-state index is 0.775. The summed E-state index contributed by atoms with van der Waals surface area (Å²) >= 11 is 2.21. The van der Waals surface area contributed by atoms with E-state index in [0.29, 0.717) is 0 Å². The molecule has 0 aliphatic carbocycles. The number of nitrogens with zero attached hydrogens (tertiary/aromatic N) is 2. The maximum Gasteiger partial charge on any atom is 0.110 e. The molecule has 0 spiro atoms. The van der Waals surface area contributed by atoms with Gasteiger partial charge in [0, 0.05) is 3.57 Å². The molecule has 68 valence electrons. The first kappa shape index (κ1) is 10.1. The summed E-state index contributed by atoms with van der Waals surface area (Å²) in [5, 5.41) is 11.5. The summed E-state index contributed by atoms with van der Waals surface area (Å²) in [6, 6.07) is 5.69. The van der Waals surface area contributed by atoms with Crippen molar-refractivity contribution in [2.45, 2.75) is 6.92 Å². The SMILES string of the molecule is Cc1c(I)cccc1N(C=N)N=N. The average Bonchev–Trinajstić information content (AvgIpc) is 2.14. The first-order valence-electron chi connectivity index (χ1n) is 3.63. The standard InChI is InChI=1S/C8H9IN4/c1-6-7(9)3-2-4-8(6)13(5-10)12-11/h2-5,10-11H,1H3. The molecule has 5 heteroatoms. The number of anilines is 1.